The summed E-state index contributed by atoms with van der Waals surface area (Å²) in [6, 6.07) is 17.3. The van der Waals surface area contributed by atoms with Crippen molar-refractivity contribution in [3.63, 3.8) is 0 Å². The van der Waals surface area contributed by atoms with Gasteiger partial charge in [0.2, 0.25) is 0 Å². The zero-order valence-electron chi connectivity index (χ0n) is 16.4. The summed E-state index contributed by atoms with van der Waals surface area (Å²) in [7, 11) is 1.69. The second-order valence-electron chi connectivity index (χ2n) is 7.45. The molecule has 2 aromatic heterocycles. The number of pyridine rings is 2. The highest BCUT2D eigenvalue weighted by Gasteiger charge is 2.24. The monoisotopic (exact) mass is 373 g/mol. The minimum atomic E-state index is 0.441. The Morgan fingerprint density at radius 1 is 1.00 bits per heavy atom. The highest BCUT2D eigenvalue weighted by atomic mass is 16.5. The van der Waals surface area contributed by atoms with Crippen LogP contribution in [0.1, 0.15) is 47.7 Å². The van der Waals surface area contributed by atoms with E-state index in [4.69, 9.17) is 9.72 Å². The van der Waals surface area contributed by atoms with Crippen molar-refractivity contribution in [1.29, 1.82) is 0 Å². The second kappa shape index (κ2) is 8.98. The average molecular weight is 373 g/mol. The predicted molar refractivity (Wildman–Crippen MR) is 111 cm³/mol. The fraction of sp³-hybridized carbons (Fsp3) is 0.333. The highest BCUT2D eigenvalue weighted by Crippen LogP contribution is 2.32. The van der Waals surface area contributed by atoms with Crippen molar-refractivity contribution in [1.82, 2.24) is 14.9 Å². The molecule has 0 bridgehead atoms. The Kier molecular flexibility index (Phi) is 5.98. The number of rotatable bonds is 6. The molecule has 3 aromatic rings. The summed E-state index contributed by atoms with van der Waals surface area (Å²) >= 11 is 0. The first-order valence-electron chi connectivity index (χ1n) is 10.0. The number of likely N-dealkylation sites (tertiary alicyclic amines) is 1. The zero-order valence-corrected chi connectivity index (χ0v) is 16.4. The van der Waals surface area contributed by atoms with Crippen molar-refractivity contribution >= 4 is 0 Å². The van der Waals surface area contributed by atoms with E-state index in [1.54, 1.807) is 7.11 Å². The maximum Gasteiger partial charge on any atom is 0.118 e. The van der Waals surface area contributed by atoms with Crippen LogP contribution in [-0.2, 0) is 13.0 Å². The Labute approximate surface area is 167 Å². The number of aromatic nitrogens is 2. The van der Waals surface area contributed by atoms with E-state index in [9.17, 15) is 0 Å². The lowest BCUT2D eigenvalue weighted by Crippen LogP contribution is -2.33. The lowest BCUT2D eigenvalue weighted by Gasteiger charge is -2.36. The van der Waals surface area contributed by atoms with E-state index in [-0.39, 0.29) is 0 Å². The summed E-state index contributed by atoms with van der Waals surface area (Å²) in [5.41, 5.74) is 4.95. The Morgan fingerprint density at radius 2 is 1.89 bits per heavy atom. The number of ether oxygens (including phenoxy) is 1. The molecule has 28 heavy (non-hydrogen) atoms. The number of methoxy groups -OCH3 is 1. The molecule has 1 fully saturated rings. The first-order chi connectivity index (χ1) is 13.8. The van der Waals surface area contributed by atoms with Crippen LogP contribution in [0.5, 0.6) is 5.75 Å². The Balaban J connectivity index is 1.45. The maximum absolute atomic E-state index is 5.23. The molecule has 4 heteroatoms. The van der Waals surface area contributed by atoms with Crippen LogP contribution in [0.4, 0.5) is 0 Å². The van der Waals surface area contributed by atoms with Crippen LogP contribution in [-0.4, -0.2) is 28.5 Å². The van der Waals surface area contributed by atoms with Gasteiger partial charge in [0.05, 0.1) is 7.11 Å². The summed E-state index contributed by atoms with van der Waals surface area (Å²) in [6.07, 6.45) is 10.5. The molecule has 1 aliphatic heterocycles. The first-order valence-corrected chi connectivity index (χ1v) is 10.0. The molecule has 3 heterocycles. The molecule has 0 radical (unpaired) electrons. The van der Waals surface area contributed by atoms with Gasteiger partial charge in [-0.25, -0.2) is 0 Å². The minimum Gasteiger partial charge on any atom is -0.497 e. The third-order valence-electron chi connectivity index (χ3n) is 5.50. The molecular formula is C24H27N3O. The van der Waals surface area contributed by atoms with Crippen molar-refractivity contribution in [3.8, 4) is 5.75 Å². The molecule has 1 atom stereocenters. The van der Waals surface area contributed by atoms with Gasteiger partial charge in [-0.1, -0.05) is 30.7 Å². The number of benzene rings is 1. The molecule has 1 aromatic carbocycles. The van der Waals surface area contributed by atoms with Gasteiger partial charge in [-0.3, -0.25) is 14.9 Å². The van der Waals surface area contributed by atoms with Crippen LogP contribution in [0.3, 0.4) is 0 Å². The molecule has 144 valence electrons. The van der Waals surface area contributed by atoms with Crippen LogP contribution in [0.15, 0.2) is 67.1 Å². The van der Waals surface area contributed by atoms with E-state index in [2.05, 4.69) is 46.4 Å². The summed E-state index contributed by atoms with van der Waals surface area (Å²) in [4.78, 5) is 11.6. The summed E-state index contributed by atoms with van der Waals surface area (Å²) in [5, 5.41) is 0. The SMILES string of the molecule is COc1ccc(Cc2ccc([C@H]3CCCCN3Cc3cccnc3)cn2)cc1. The topological polar surface area (TPSA) is 38.2 Å². The molecule has 1 saturated heterocycles. The molecule has 4 rings (SSSR count). The van der Waals surface area contributed by atoms with Crippen LogP contribution in [0.2, 0.25) is 0 Å². The summed E-state index contributed by atoms with van der Waals surface area (Å²) in [5.74, 6) is 0.887. The van der Waals surface area contributed by atoms with E-state index in [0.717, 1.165) is 31.0 Å². The Bertz CT molecular complexity index is 863. The van der Waals surface area contributed by atoms with Gasteiger partial charge in [0, 0.05) is 43.3 Å². The quantitative estimate of drug-likeness (QED) is 0.622. The highest BCUT2D eigenvalue weighted by molar-refractivity contribution is 5.30. The van der Waals surface area contributed by atoms with Gasteiger partial charge in [-0.2, -0.15) is 0 Å². The average Bonchev–Trinajstić information content (AvgIpc) is 2.76. The van der Waals surface area contributed by atoms with Gasteiger partial charge in [-0.15, -0.1) is 0 Å². The molecule has 1 aliphatic rings. The lowest BCUT2D eigenvalue weighted by atomic mass is 9.95. The van der Waals surface area contributed by atoms with Crippen LogP contribution in [0.25, 0.3) is 0 Å². The molecule has 0 aliphatic carbocycles. The molecule has 0 spiro atoms. The summed E-state index contributed by atoms with van der Waals surface area (Å²) < 4.78 is 5.23. The minimum absolute atomic E-state index is 0.441. The van der Waals surface area contributed by atoms with Crippen molar-refractivity contribution in [2.24, 2.45) is 0 Å². The van der Waals surface area contributed by atoms with E-state index >= 15 is 0 Å². The van der Waals surface area contributed by atoms with Gasteiger partial charge in [0.1, 0.15) is 5.75 Å². The normalized spacial score (nSPS) is 17.4. The Morgan fingerprint density at radius 3 is 2.61 bits per heavy atom. The van der Waals surface area contributed by atoms with Gasteiger partial charge in [0.25, 0.3) is 0 Å². The van der Waals surface area contributed by atoms with Crippen LogP contribution < -0.4 is 4.74 Å². The molecular weight excluding hydrogens is 346 g/mol. The van der Waals surface area contributed by atoms with Gasteiger partial charge in [0.15, 0.2) is 0 Å². The summed E-state index contributed by atoms with van der Waals surface area (Å²) in [6.45, 7) is 2.08. The lowest BCUT2D eigenvalue weighted by molar-refractivity contribution is 0.140. The number of nitrogens with zero attached hydrogens (tertiary/aromatic N) is 3. The second-order valence-corrected chi connectivity index (χ2v) is 7.45. The van der Waals surface area contributed by atoms with E-state index < -0.39 is 0 Å². The smallest absolute Gasteiger partial charge is 0.118 e. The molecule has 0 amide bonds. The van der Waals surface area contributed by atoms with E-state index in [1.807, 2.05) is 30.6 Å². The van der Waals surface area contributed by atoms with Crippen molar-refractivity contribution in [3.05, 3.63) is 89.5 Å². The largest absolute Gasteiger partial charge is 0.497 e. The predicted octanol–water partition coefficient (Wildman–Crippen LogP) is 4.80. The number of piperidine rings is 1. The van der Waals surface area contributed by atoms with Gasteiger partial charge < -0.3 is 4.74 Å². The molecule has 0 unspecified atom stereocenters. The maximum atomic E-state index is 5.23. The fourth-order valence-electron chi connectivity index (χ4n) is 3.97. The van der Waals surface area contributed by atoms with Crippen molar-refractivity contribution < 1.29 is 4.74 Å². The van der Waals surface area contributed by atoms with E-state index in [1.165, 1.54) is 36.0 Å². The van der Waals surface area contributed by atoms with Crippen LogP contribution >= 0.6 is 0 Å². The molecule has 0 saturated carbocycles. The number of hydrogen-bond acceptors (Lipinski definition) is 4. The van der Waals surface area contributed by atoms with Crippen LogP contribution in [0, 0.1) is 0 Å². The molecule has 0 N–H and O–H groups in total. The Hall–Kier alpha value is -2.72. The standard InChI is InChI=1S/C24H27N3O/c1-28-23-11-7-19(8-12-23)15-22-10-9-21(17-26-22)24-6-2-3-14-27(24)18-20-5-4-13-25-16-20/h4-5,7-13,16-17,24H,2-3,6,14-15,18H2,1H3/t24-/m1/s1. The van der Waals surface area contributed by atoms with Gasteiger partial charge in [-0.05, 0) is 60.3 Å². The van der Waals surface area contributed by atoms with Crippen molar-refractivity contribution in [2.45, 2.75) is 38.3 Å². The third-order valence-corrected chi connectivity index (χ3v) is 5.50. The van der Waals surface area contributed by atoms with Crippen molar-refractivity contribution in [2.75, 3.05) is 13.7 Å². The molecule has 4 nitrogen and oxygen atoms in total. The third kappa shape index (κ3) is 4.57. The van der Waals surface area contributed by atoms with Gasteiger partial charge >= 0.3 is 0 Å². The van der Waals surface area contributed by atoms with E-state index in [0.29, 0.717) is 6.04 Å². The fourth-order valence-corrected chi connectivity index (χ4v) is 3.97. The first kappa shape index (κ1) is 18.6. The zero-order chi connectivity index (χ0) is 19.2. The number of hydrogen-bond donors (Lipinski definition) is 0.